The van der Waals surface area contributed by atoms with E-state index in [4.69, 9.17) is 16.3 Å². The highest BCUT2D eigenvalue weighted by Crippen LogP contribution is 2.36. The number of fused-ring (bicyclic) bond motifs is 2. The van der Waals surface area contributed by atoms with Crippen LogP contribution in [0.3, 0.4) is 0 Å². The van der Waals surface area contributed by atoms with Gasteiger partial charge in [0.15, 0.2) is 0 Å². The highest BCUT2D eigenvalue weighted by Gasteiger charge is 2.35. The van der Waals surface area contributed by atoms with Crippen LogP contribution in [-0.2, 0) is 11.3 Å². The molecule has 0 unspecified atom stereocenters. The monoisotopic (exact) mass is 552 g/mol. The van der Waals surface area contributed by atoms with Gasteiger partial charge >= 0.3 is 0 Å². The molecular formula is C32H25ClN2O3S. The van der Waals surface area contributed by atoms with Crippen LogP contribution in [0.15, 0.2) is 95.9 Å². The zero-order valence-electron chi connectivity index (χ0n) is 21.3. The van der Waals surface area contributed by atoms with Crippen LogP contribution in [0.25, 0.3) is 27.8 Å². The van der Waals surface area contributed by atoms with E-state index in [1.54, 1.807) is 0 Å². The second kappa shape index (κ2) is 10.6. The third-order valence-corrected chi connectivity index (χ3v) is 8.31. The standard InChI is InChI=1S/C32H25ClN2O3S/c1-21-26(25-13-5-7-15-28(25)35(21)20-23-10-3-6-14-27(23)33)19-30-31(36)34(32(37)39-30)17-18-38-29-16-8-11-22-9-2-4-12-24(22)29/h2-16,19H,17-18,20H2,1H3/b30-19-. The number of rotatable bonds is 7. The van der Waals surface area contributed by atoms with Crippen molar-refractivity contribution in [1.29, 1.82) is 0 Å². The summed E-state index contributed by atoms with van der Waals surface area (Å²) in [6.07, 6.45) is 1.84. The first-order valence-corrected chi connectivity index (χ1v) is 13.9. The Kier molecular flexibility index (Phi) is 6.90. The van der Waals surface area contributed by atoms with Crippen molar-refractivity contribution in [2.45, 2.75) is 13.5 Å². The molecule has 1 aliphatic heterocycles. The van der Waals surface area contributed by atoms with Crippen molar-refractivity contribution in [3.05, 3.63) is 118 Å². The Bertz CT molecular complexity index is 1770. The van der Waals surface area contributed by atoms with Gasteiger partial charge in [0.1, 0.15) is 12.4 Å². The molecule has 0 aliphatic carbocycles. The summed E-state index contributed by atoms with van der Waals surface area (Å²) in [6.45, 7) is 3.03. The summed E-state index contributed by atoms with van der Waals surface area (Å²) >= 11 is 7.43. The average Bonchev–Trinajstić information content (AvgIpc) is 3.37. The van der Waals surface area contributed by atoms with Gasteiger partial charge in [0, 0.05) is 39.1 Å². The van der Waals surface area contributed by atoms with E-state index < -0.39 is 0 Å². The lowest BCUT2D eigenvalue weighted by Crippen LogP contribution is -2.32. The number of hydrogen-bond acceptors (Lipinski definition) is 4. The van der Waals surface area contributed by atoms with Crippen LogP contribution in [0, 0.1) is 6.92 Å². The number of thioether (sulfide) groups is 1. The number of carbonyl (C=O) groups excluding carboxylic acids is 2. The number of halogens is 1. The first kappa shape index (κ1) is 25.3. The van der Waals surface area contributed by atoms with Crippen LogP contribution >= 0.6 is 23.4 Å². The van der Waals surface area contributed by atoms with Gasteiger partial charge in [0.05, 0.1) is 11.4 Å². The molecule has 0 spiro atoms. The summed E-state index contributed by atoms with van der Waals surface area (Å²) in [5, 5.41) is 3.52. The van der Waals surface area contributed by atoms with E-state index in [1.807, 2.05) is 97.9 Å². The minimum Gasteiger partial charge on any atom is -0.491 e. The molecule has 39 heavy (non-hydrogen) atoms. The second-order valence-corrected chi connectivity index (χ2v) is 10.8. The molecule has 1 saturated heterocycles. The van der Waals surface area contributed by atoms with Gasteiger partial charge in [-0.3, -0.25) is 14.5 Å². The Labute approximate surface area is 235 Å². The van der Waals surface area contributed by atoms with E-state index in [0.717, 1.165) is 56.0 Å². The topological polar surface area (TPSA) is 51.5 Å². The molecule has 0 atom stereocenters. The summed E-state index contributed by atoms with van der Waals surface area (Å²) < 4.78 is 8.19. The fourth-order valence-corrected chi connectivity index (χ4v) is 6.08. The third kappa shape index (κ3) is 4.82. The number of para-hydroxylation sites is 1. The summed E-state index contributed by atoms with van der Waals surface area (Å²) in [7, 11) is 0. The highest BCUT2D eigenvalue weighted by atomic mass is 35.5. The zero-order valence-corrected chi connectivity index (χ0v) is 22.8. The minimum absolute atomic E-state index is 0.179. The maximum Gasteiger partial charge on any atom is 0.293 e. The SMILES string of the molecule is Cc1c(/C=C2\SC(=O)N(CCOc3cccc4ccccc34)C2=O)c2ccccc2n1Cc1ccccc1Cl. The van der Waals surface area contributed by atoms with Crippen LogP contribution < -0.4 is 4.74 Å². The second-order valence-electron chi connectivity index (χ2n) is 9.35. The summed E-state index contributed by atoms with van der Waals surface area (Å²) in [4.78, 5) is 27.8. The fraction of sp³-hybridized carbons (Fsp3) is 0.125. The molecule has 4 aromatic carbocycles. The predicted molar refractivity (Wildman–Crippen MR) is 159 cm³/mol. The summed E-state index contributed by atoms with van der Waals surface area (Å²) in [6, 6.07) is 29.7. The van der Waals surface area contributed by atoms with E-state index in [9.17, 15) is 9.59 Å². The number of imide groups is 1. The Morgan fingerprint density at radius 1 is 0.872 bits per heavy atom. The molecule has 0 radical (unpaired) electrons. The quantitative estimate of drug-likeness (QED) is 0.192. The molecule has 5 nitrogen and oxygen atoms in total. The van der Waals surface area contributed by atoms with E-state index >= 15 is 0 Å². The number of carbonyl (C=O) groups is 2. The van der Waals surface area contributed by atoms with Crippen LogP contribution in [0.2, 0.25) is 5.02 Å². The van der Waals surface area contributed by atoms with Gasteiger partial charge in [-0.2, -0.15) is 0 Å². The number of aromatic nitrogens is 1. The van der Waals surface area contributed by atoms with Crippen molar-refractivity contribution in [2.24, 2.45) is 0 Å². The largest absolute Gasteiger partial charge is 0.491 e. The van der Waals surface area contributed by atoms with Gasteiger partial charge in [0.2, 0.25) is 0 Å². The molecule has 1 aromatic heterocycles. The molecular weight excluding hydrogens is 528 g/mol. The molecule has 194 valence electrons. The van der Waals surface area contributed by atoms with E-state index in [1.165, 1.54) is 4.90 Å². The lowest BCUT2D eigenvalue weighted by atomic mass is 10.1. The molecule has 2 heterocycles. The third-order valence-electron chi connectivity index (χ3n) is 7.04. The number of nitrogens with zero attached hydrogens (tertiary/aromatic N) is 2. The lowest BCUT2D eigenvalue weighted by Gasteiger charge is -2.14. The van der Waals surface area contributed by atoms with Crippen LogP contribution in [0.1, 0.15) is 16.8 Å². The Balaban J connectivity index is 1.24. The Hall–Kier alpha value is -4.00. The number of benzene rings is 4. The molecule has 1 aliphatic rings. The summed E-state index contributed by atoms with van der Waals surface area (Å²) in [5.74, 6) is 0.437. The maximum atomic E-state index is 13.3. The van der Waals surface area contributed by atoms with Crippen LogP contribution in [-0.4, -0.2) is 33.8 Å². The van der Waals surface area contributed by atoms with Gasteiger partial charge in [-0.25, -0.2) is 0 Å². The van der Waals surface area contributed by atoms with Crippen molar-refractivity contribution < 1.29 is 14.3 Å². The van der Waals surface area contributed by atoms with Gasteiger partial charge < -0.3 is 9.30 Å². The van der Waals surface area contributed by atoms with Crippen molar-refractivity contribution in [3.63, 3.8) is 0 Å². The highest BCUT2D eigenvalue weighted by molar-refractivity contribution is 8.18. The molecule has 7 heteroatoms. The van der Waals surface area contributed by atoms with Gasteiger partial charge in [-0.15, -0.1) is 0 Å². The number of ether oxygens (including phenoxy) is 1. The predicted octanol–water partition coefficient (Wildman–Crippen LogP) is 7.92. The first-order chi connectivity index (χ1) is 19.0. The number of hydrogen-bond donors (Lipinski definition) is 0. The van der Waals surface area contributed by atoms with Gasteiger partial charge in [-0.05, 0) is 53.9 Å². The minimum atomic E-state index is -0.297. The Morgan fingerprint density at radius 2 is 1.59 bits per heavy atom. The van der Waals surface area contributed by atoms with Crippen molar-refractivity contribution in [2.75, 3.05) is 13.2 Å². The van der Waals surface area contributed by atoms with Crippen molar-refractivity contribution >= 4 is 62.3 Å². The average molecular weight is 553 g/mol. The smallest absolute Gasteiger partial charge is 0.293 e. The molecule has 5 aromatic rings. The molecule has 0 saturated carbocycles. The van der Waals surface area contributed by atoms with E-state index in [2.05, 4.69) is 10.6 Å². The van der Waals surface area contributed by atoms with E-state index in [-0.39, 0.29) is 24.3 Å². The number of amides is 2. The molecule has 0 N–H and O–H groups in total. The molecule has 1 fully saturated rings. The van der Waals surface area contributed by atoms with Crippen LogP contribution in [0.4, 0.5) is 4.79 Å². The van der Waals surface area contributed by atoms with Crippen LogP contribution in [0.5, 0.6) is 5.75 Å². The fourth-order valence-electron chi connectivity index (χ4n) is 5.03. The van der Waals surface area contributed by atoms with Crippen molar-refractivity contribution in [3.8, 4) is 5.75 Å². The molecule has 2 amide bonds. The normalized spacial score (nSPS) is 14.7. The Morgan fingerprint density at radius 3 is 2.44 bits per heavy atom. The van der Waals surface area contributed by atoms with Gasteiger partial charge in [-0.1, -0.05) is 84.4 Å². The van der Waals surface area contributed by atoms with Gasteiger partial charge in [0.25, 0.3) is 11.1 Å². The molecule has 0 bridgehead atoms. The first-order valence-electron chi connectivity index (χ1n) is 12.7. The molecule has 6 rings (SSSR count). The zero-order chi connectivity index (χ0) is 26.9. The lowest BCUT2D eigenvalue weighted by molar-refractivity contribution is -0.123. The maximum absolute atomic E-state index is 13.3. The van der Waals surface area contributed by atoms with E-state index in [0.29, 0.717) is 16.5 Å². The summed E-state index contributed by atoms with van der Waals surface area (Å²) in [5.41, 5.74) is 3.99. The van der Waals surface area contributed by atoms with Crippen molar-refractivity contribution in [1.82, 2.24) is 9.47 Å².